The summed E-state index contributed by atoms with van der Waals surface area (Å²) in [6, 6.07) is 4.93. The highest BCUT2D eigenvalue weighted by molar-refractivity contribution is 5.76. The van der Waals surface area contributed by atoms with Crippen molar-refractivity contribution in [2.75, 3.05) is 0 Å². The Balaban J connectivity index is 1.37. The lowest BCUT2D eigenvalue weighted by molar-refractivity contribution is -0.121. The normalized spacial score (nSPS) is 11.2. The van der Waals surface area contributed by atoms with Gasteiger partial charge in [0.1, 0.15) is 18.0 Å². The minimum Gasteiger partial charge on any atom is -0.352 e. The summed E-state index contributed by atoms with van der Waals surface area (Å²) in [6.45, 7) is 5.92. The van der Waals surface area contributed by atoms with E-state index in [1.165, 1.54) is 12.4 Å². The SMILES string of the molecule is Cc1nc2ncnn2c(C)c1CCC(=O)NCc1ccc(-n2ccnc2C)c(F)c1. The number of hydrogen-bond donors (Lipinski definition) is 1. The van der Waals surface area contributed by atoms with Gasteiger partial charge < -0.3 is 9.88 Å². The fraction of sp³-hybridized carbons (Fsp3) is 0.286. The van der Waals surface area contributed by atoms with Crippen molar-refractivity contribution >= 4 is 11.7 Å². The van der Waals surface area contributed by atoms with Gasteiger partial charge in [0.25, 0.3) is 5.78 Å². The molecular formula is C21H22FN7O. The summed E-state index contributed by atoms with van der Waals surface area (Å²) < 4.78 is 17.9. The number of nitrogens with zero attached hydrogens (tertiary/aromatic N) is 6. The van der Waals surface area contributed by atoms with Crippen LogP contribution in [0.5, 0.6) is 0 Å². The van der Waals surface area contributed by atoms with Crippen LogP contribution in [-0.2, 0) is 17.8 Å². The second-order valence-corrected chi connectivity index (χ2v) is 7.14. The van der Waals surface area contributed by atoms with Gasteiger partial charge in [-0.3, -0.25) is 4.79 Å². The largest absolute Gasteiger partial charge is 0.352 e. The molecular weight excluding hydrogens is 385 g/mol. The first-order chi connectivity index (χ1) is 14.4. The molecule has 0 bridgehead atoms. The Bertz CT molecular complexity index is 1230. The Hall–Kier alpha value is -3.62. The van der Waals surface area contributed by atoms with Crippen LogP contribution in [0.4, 0.5) is 4.39 Å². The number of halogens is 1. The standard InChI is InChI=1S/C21H22FN7O/c1-13-17(14(2)29-21(27-13)25-12-26-29)5-7-20(30)24-11-16-4-6-19(18(22)10-16)28-9-8-23-15(28)3/h4,6,8-10,12H,5,7,11H2,1-3H3,(H,24,30). The molecule has 0 atom stereocenters. The maximum absolute atomic E-state index is 14.5. The monoisotopic (exact) mass is 407 g/mol. The number of aromatic nitrogens is 6. The predicted octanol–water partition coefficient (Wildman–Crippen LogP) is 2.62. The first-order valence-electron chi connectivity index (χ1n) is 9.65. The predicted molar refractivity (Wildman–Crippen MR) is 109 cm³/mol. The van der Waals surface area contributed by atoms with Gasteiger partial charge in [-0.1, -0.05) is 6.07 Å². The molecule has 0 unspecified atom stereocenters. The molecule has 8 nitrogen and oxygen atoms in total. The summed E-state index contributed by atoms with van der Waals surface area (Å²) in [5.41, 5.74) is 3.88. The van der Waals surface area contributed by atoms with Crippen molar-refractivity contribution in [1.82, 2.24) is 34.4 Å². The second-order valence-electron chi connectivity index (χ2n) is 7.14. The molecule has 1 amide bonds. The van der Waals surface area contributed by atoms with E-state index in [-0.39, 0.29) is 18.3 Å². The molecule has 3 aromatic heterocycles. The van der Waals surface area contributed by atoms with Crippen molar-refractivity contribution in [2.24, 2.45) is 0 Å². The highest BCUT2D eigenvalue weighted by Gasteiger charge is 2.13. The summed E-state index contributed by atoms with van der Waals surface area (Å²) >= 11 is 0. The van der Waals surface area contributed by atoms with Crippen LogP contribution in [0.15, 0.2) is 36.9 Å². The van der Waals surface area contributed by atoms with Crippen molar-refractivity contribution in [3.05, 3.63) is 71.1 Å². The van der Waals surface area contributed by atoms with Crippen molar-refractivity contribution in [1.29, 1.82) is 0 Å². The van der Waals surface area contributed by atoms with Crippen LogP contribution in [0.25, 0.3) is 11.5 Å². The Morgan fingerprint density at radius 2 is 2.03 bits per heavy atom. The van der Waals surface area contributed by atoms with Gasteiger partial charge in [0, 0.05) is 36.7 Å². The zero-order chi connectivity index (χ0) is 21.3. The molecule has 0 saturated heterocycles. The molecule has 0 fully saturated rings. The first-order valence-corrected chi connectivity index (χ1v) is 9.65. The van der Waals surface area contributed by atoms with E-state index in [2.05, 4.69) is 25.4 Å². The number of fused-ring (bicyclic) bond motifs is 1. The van der Waals surface area contributed by atoms with Crippen LogP contribution in [0.1, 0.15) is 34.8 Å². The van der Waals surface area contributed by atoms with E-state index >= 15 is 0 Å². The number of imidazole rings is 1. The fourth-order valence-electron chi connectivity index (χ4n) is 3.53. The summed E-state index contributed by atoms with van der Waals surface area (Å²) in [6.07, 6.45) is 5.65. The number of amides is 1. The molecule has 4 rings (SSSR count). The first kappa shape index (κ1) is 19.7. The lowest BCUT2D eigenvalue weighted by Gasteiger charge is -2.11. The quantitative estimate of drug-likeness (QED) is 0.531. The zero-order valence-corrected chi connectivity index (χ0v) is 17.1. The molecule has 0 aliphatic rings. The third-order valence-corrected chi connectivity index (χ3v) is 5.18. The number of nitrogens with one attached hydrogen (secondary N) is 1. The van der Waals surface area contributed by atoms with Gasteiger partial charge >= 0.3 is 0 Å². The summed E-state index contributed by atoms with van der Waals surface area (Å²) in [7, 11) is 0. The molecule has 0 saturated carbocycles. The highest BCUT2D eigenvalue weighted by Crippen LogP contribution is 2.17. The topological polar surface area (TPSA) is 90.0 Å². The van der Waals surface area contributed by atoms with Gasteiger partial charge in [-0.2, -0.15) is 10.1 Å². The van der Waals surface area contributed by atoms with Crippen molar-refractivity contribution < 1.29 is 9.18 Å². The average molecular weight is 407 g/mol. The number of carbonyl (C=O) groups excluding carboxylic acids is 1. The maximum atomic E-state index is 14.5. The number of hydrogen-bond acceptors (Lipinski definition) is 5. The van der Waals surface area contributed by atoms with E-state index in [0.29, 0.717) is 35.7 Å². The Morgan fingerprint density at radius 1 is 1.20 bits per heavy atom. The lowest BCUT2D eigenvalue weighted by Crippen LogP contribution is -2.23. The van der Waals surface area contributed by atoms with E-state index < -0.39 is 0 Å². The average Bonchev–Trinajstić information content (AvgIpc) is 3.35. The van der Waals surface area contributed by atoms with Gasteiger partial charge in [0.2, 0.25) is 5.91 Å². The van der Waals surface area contributed by atoms with E-state index in [4.69, 9.17) is 0 Å². The summed E-state index contributed by atoms with van der Waals surface area (Å²) in [4.78, 5) is 25.0. The maximum Gasteiger partial charge on any atom is 0.252 e. The zero-order valence-electron chi connectivity index (χ0n) is 17.1. The molecule has 1 aromatic carbocycles. The van der Waals surface area contributed by atoms with Crippen molar-refractivity contribution in [3.8, 4) is 5.69 Å². The fourth-order valence-corrected chi connectivity index (χ4v) is 3.53. The smallest absolute Gasteiger partial charge is 0.252 e. The van der Waals surface area contributed by atoms with E-state index in [1.54, 1.807) is 33.6 Å². The Morgan fingerprint density at radius 3 is 2.77 bits per heavy atom. The van der Waals surface area contributed by atoms with E-state index in [9.17, 15) is 9.18 Å². The lowest BCUT2D eigenvalue weighted by atomic mass is 10.1. The molecule has 0 spiro atoms. The molecule has 9 heteroatoms. The highest BCUT2D eigenvalue weighted by atomic mass is 19.1. The summed E-state index contributed by atoms with van der Waals surface area (Å²) in [5.74, 6) is 0.789. The van der Waals surface area contributed by atoms with Gasteiger partial charge in [-0.25, -0.2) is 18.9 Å². The van der Waals surface area contributed by atoms with Crippen molar-refractivity contribution in [3.63, 3.8) is 0 Å². The molecule has 4 aromatic rings. The molecule has 3 heterocycles. The van der Waals surface area contributed by atoms with Gasteiger partial charge in [0.05, 0.1) is 5.69 Å². The van der Waals surface area contributed by atoms with Crippen LogP contribution >= 0.6 is 0 Å². The Kier molecular flexibility index (Phi) is 5.26. The van der Waals surface area contributed by atoms with Crippen LogP contribution < -0.4 is 5.32 Å². The molecule has 30 heavy (non-hydrogen) atoms. The Labute approximate surface area is 172 Å². The minimum atomic E-state index is -0.360. The van der Waals surface area contributed by atoms with Crippen LogP contribution in [0, 0.1) is 26.6 Å². The van der Waals surface area contributed by atoms with Crippen LogP contribution in [0.3, 0.4) is 0 Å². The minimum absolute atomic E-state index is 0.109. The number of rotatable bonds is 6. The summed E-state index contributed by atoms with van der Waals surface area (Å²) in [5, 5.41) is 7.02. The molecule has 0 aliphatic carbocycles. The molecule has 0 aliphatic heterocycles. The third-order valence-electron chi connectivity index (χ3n) is 5.18. The van der Waals surface area contributed by atoms with Crippen molar-refractivity contribution in [2.45, 2.75) is 40.2 Å². The number of carbonyl (C=O) groups is 1. The van der Waals surface area contributed by atoms with Crippen LogP contribution in [-0.4, -0.2) is 35.0 Å². The molecule has 0 radical (unpaired) electrons. The molecule has 1 N–H and O–H groups in total. The third kappa shape index (κ3) is 3.78. The number of benzene rings is 1. The van der Waals surface area contributed by atoms with Gasteiger partial charge in [0.15, 0.2) is 0 Å². The molecule has 154 valence electrons. The van der Waals surface area contributed by atoms with Crippen LogP contribution in [0.2, 0.25) is 0 Å². The van der Waals surface area contributed by atoms with Gasteiger partial charge in [-0.15, -0.1) is 0 Å². The van der Waals surface area contributed by atoms with E-state index in [1.807, 2.05) is 20.8 Å². The second kappa shape index (κ2) is 8.02. The number of aryl methyl sites for hydroxylation is 3. The van der Waals surface area contributed by atoms with Gasteiger partial charge in [-0.05, 0) is 50.5 Å². The van der Waals surface area contributed by atoms with E-state index in [0.717, 1.165) is 17.0 Å².